The van der Waals surface area contributed by atoms with Gasteiger partial charge in [-0.05, 0) is 19.8 Å². The van der Waals surface area contributed by atoms with E-state index in [2.05, 4.69) is 24.5 Å². The van der Waals surface area contributed by atoms with Crippen LogP contribution in [0.3, 0.4) is 0 Å². The van der Waals surface area contributed by atoms with Crippen LogP contribution >= 0.6 is 0 Å². The summed E-state index contributed by atoms with van der Waals surface area (Å²) < 4.78 is 0. The van der Waals surface area contributed by atoms with E-state index in [4.69, 9.17) is 0 Å². The molecule has 0 bridgehead atoms. The highest BCUT2D eigenvalue weighted by atomic mass is 15.1. The average Bonchev–Trinajstić information content (AvgIpc) is 2.29. The highest BCUT2D eigenvalue weighted by Gasteiger charge is 2.47. The second kappa shape index (κ2) is 2.20. The summed E-state index contributed by atoms with van der Waals surface area (Å²) in [6.07, 6.45) is 2.62. The van der Waals surface area contributed by atoms with Crippen molar-refractivity contribution < 1.29 is 0 Å². The Kier molecular flexibility index (Phi) is 1.52. The van der Waals surface area contributed by atoms with Gasteiger partial charge in [0.1, 0.15) is 0 Å². The van der Waals surface area contributed by atoms with Crippen LogP contribution in [0.1, 0.15) is 26.7 Å². The van der Waals surface area contributed by atoms with E-state index in [1.165, 1.54) is 32.5 Å². The fraction of sp³-hybridized carbons (Fsp3) is 1.00. The smallest absolute Gasteiger partial charge is 0.0157 e. The summed E-state index contributed by atoms with van der Waals surface area (Å²) >= 11 is 0. The summed E-state index contributed by atoms with van der Waals surface area (Å²) in [5.74, 6) is 0. The molecular formula is C9H18N2. The molecule has 0 aliphatic carbocycles. The molecule has 2 aliphatic rings. The lowest BCUT2D eigenvalue weighted by Gasteiger charge is -2.39. The lowest BCUT2D eigenvalue weighted by atomic mass is 9.76. The Morgan fingerprint density at radius 2 is 2.00 bits per heavy atom. The van der Waals surface area contributed by atoms with Crippen LogP contribution in [0.2, 0.25) is 0 Å². The van der Waals surface area contributed by atoms with Gasteiger partial charge in [-0.3, -0.25) is 0 Å². The molecule has 0 radical (unpaired) electrons. The van der Waals surface area contributed by atoms with Gasteiger partial charge in [-0.2, -0.15) is 0 Å². The van der Waals surface area contributed by atoms with Gasteiger partial charge in [0.25, 0.3) is 0 Å². The second-order valence-corrected chi connectivity index (χ2v) is 4.55. The van der Waals surface area contributed by atoms with E-state index in [9.17, 15) is 0 Å². The predicted molar refractivity (Wildman–Crippen MR) is 46.6 cm³/mol. The van der Waals surface area contributed by atoms with Crippen molar-refractivity contribution in [1.29, 1.82) is 0 Å². The van der Waals surface area contributed by atoms with Gasteiger partial charge in [-0.15, -0.1) is 0 Å². The molecule has 0 aromatic rings. The first-order chi connectivity index (χ1) is 5.18. The van der Waals surface area contributed by atoms with E-state index in [-0.39, 0.29) is 0 Å². The van der Waals surface area contributed by atoms with Crippen molar-refractivity contribution in [2.24, 2.45) is 5.41 Å². The molecule has 2 rings (SSSR count). The van der Waals surface area contributed by atoms with Gasteiger partial charge < -0.3 is 10.6 Å². The van der Waals surface area contributed by atoms with Crippen LogP contribution in [0.15, 0.2) is 0 Å². The highest BCUT2D eigenvalue weighted by molar-refractivity contribution is 5.06. The Bertz CT molecular complexity index is 153. The van der Waals surface area contributed by atoms with Crippen LogP contribution in [0.5, 0.6) is 0 Å². The predicted octanol–water partition coefficient (Wildman–Crippen LogP) is 0.738. The zero-order valence-corrected chi connectivity index (χ0v) is 7.54. The van der Waals surface area contributed by atoms with Crippen molar-refractivity contribution in [2.45, 2.75) is 32.2 Å². The normalized spacial score (nSPS) is 40.9. The lowest BCUT2D eigenvalue weighted by molar-refractivity contribution is 0.181. The minimum absolute atomic E-state index is 0.433. The van der Waals surface area contributed by atoms with Crippen LogP contribution in [0, 0.1) is 5.41 Å². The molecule has 1 spiro atoms. The molecule has 2 aliphatic heterocycles. The summed E-state index contributed by atoms with van der Waals surface area (Å²) in [5, 5.41) is 7.00. The third-order valence-corrected chi connectivity index (χ3v) is 3.44. The molecular weight excluding hydrogens is 136 g/mol. The summed E-state index contributed by atoms with van der Waals surface area (Å²) in [4.78, 5) is 0. The van der Waals surface area contributed by atoms with Crippen molar-refractivity contribution in [3.63, 3.8) is 0 Å². The Hall–Kier alpha value is -0.0800. The second-order valence-electron chi connectivity index (χ2n) is 4.55. The van der Waals surface area contributed by atoms with Gasteiger partial charge >= 0.3 is 0 Å². The molecule has 1 unspecified atom stereocenters. The van der Waals surface area contributed by atoms with Crippen molar-refractivity contribution in [3.05, 3.63) is 0 Å². The van der Waals surface area contributed by atoms with Crippen molar-refractivity contribution in [3.8, 4) is 0 Å². The van der Waals surface area contributed by atoms with Crippen LogP contribution < -0.4 is 10.6 Å². The van der Waals surface area contributed by atoms with Crippen LogP contribution in [0.25, 0.3) is 0 Å². The molecule has 0 saturated carbocycles. The van der Waals surface area contributed by atoms with Crippen molar-refractivity contribution in [2.75, 3.05) is 19.6 Å². The van der Waals surface area contributed by atoms with Gasteiger partial charge in [0.05, 0.1) is 0 Å². The maximum absolute atomic E-state index is 3.64. The molecule has 11 heavy (non-hydrogen) atoms. The quantitative estimate of drug-likeness (QED) is 0.582. The molecule has 2 heterocycles. The van der Waals surface area contributed by atoms with Gasteiger partial charge in [0.2, 0.25) is 0 Å². The van der Waals surface area contributed by atoms with E-state index >= 15 is 0 Å². The molecule has 0 aromatic heterocycles. The summed E-state index contributed by atoms with van der Waals surface area (Å²) in [5.41, 5.74) is 1.06. The highest BCUT2D eigenvalue weighted by Crippen LogP contribution is 2.39. The molecule has 2 N–H and O–H groups in total. The fourth-order valence-electron chi connectivity index (χ4n) is 2.33. The fourth-order valence-corrected chi connectivity index (χ4v) is 2.33. The first-order valence-electron chi connectivity index (χ1n) is 4.64. The standard InChI is InChI=1S/C9H18N2/c1-3-8(2)4-9(7-11-8)5-10-6-9/h10-11H,3-7H2,1-2H3. The minimum atomic E-state index is 0.433. The molecule has 1 atom stereocenters. The maximum atomic E-state index is 3.64. The monoisotopic (exact) mass is 154 g/mol. The van der Waals surface area contributed by atoms with Crippen molar-refractivity contribution >= 4 is 0 Å². The molecule has 2 fully saturated rings. The maximum Gasteiger partial charge on any atom is 0.0157 e. The Labute approximate surface area is 68.7 Å². The van der Waals surface area contributed by atoms with Gasteiger partial charge in [0.15, 0.2) is 0 Å². The Morgan fingerprint density at radius 3 is 2.27 bits per heavy atom. The van der Waals surface area contributed by atoms with E-state index in [1.54, 1.807) is 0 Å². The van der Waals surface area contributed by atoms with Crippen molar-refractivity contribution in [1.82, 2.24) is 10.6 Å². The van der Waals surface area contributed by atoms with Crippen LogP contribution in [0.4, 0.5) is 0 Å². The molecule has 0 aromatic carbocycles. The minimum Gasteiger partial charge on any atom is -0.315 e. The molecule has 0 amide bonds. The summed E-state index contributed by atoms with van der Waals surface area (Å²) in [7, 11) is 0. The first-order valence-corrected chi connectivity index (χ1v) is 4.64. The van der Waals surface area contributed by atoms with Crippen LogP contribution in [-0.4, -0.2) is 25.2 Å². The van der Waals surface area contributed by atoms with Gasteiger partial charge in [-0.1, -0.05) is 6.92 Å². The van der Waals surface area contributed by atoms with Gasteiger partial charge in [0, 0.05) is 30.6 Å². The van der Waals surface area contributed by atoms with E-state index in [1.807, 2.05) is 0 Å². The van der Waals surface area contributed by atoms with Gasteiger partial charge in [-0.25, -0.2) is 0 Å². The summed E-state index contributed by atoms with van der Waals surface area (Å²) in [6.45, 7) is 8.31. The van der Waals surface area contributed by atoms with E-state index in [0.717, 1.165) is 0 Å². The molecule has 2 saturated heterocycles. The number of hydrogen-bond acceptors (Lipinski definition) is 2. The molecule has 2 heteroatoms. The average molecular weight is 154 g/mol. The molecule has 2 nitrogen and oxygen atoms in total. The first kappa shape index (κ1) is 7.56. The lowest BCUT2D eigenvalue weighted by Crippen LogP contribution is -2.54. The zero-order valence-electron chi connectivity index (χ0n) is 7.54. The third-order valence-electron chi connectivity index (χ3n) is 3.44. The Morgan fingerprint density at radius 1 is 1.27 bits per heavy atom. The SMILES string of the molecule is CCC1(C)CC2(CNC2)CN1. The molecule has 64 valence electrons. The largest absolute Gasteiger partial charge is 0.315 e. The number of hydrogen-bond donors (Lipinski definition) is 2. The van der Waals surface area contributed by atoms with E-state index in [0.29, 0.717) is 11.0 Å². The topological polar surface area (TPSA) is 24.1 Å². The number of nitrogens with one attached hydrogen (secondary N) is 2. The third kappa shape index (κ3) is 1.09. The Balaban J connectivity index is 2.02. The van der Waals surface area contributed by atoms with Crippen LogP contribution in [-0.2, 0) is 0 Å². The number of rotatable bonds is 1. The zero-order chi connectivity index (χ0) is 7.95. The summed E-state index contributed by atoms with van der Waals surface area (Å²) in [6, 6.07) is 0. The van der Waals surface area contributed by atoms with E-state index < -0.39 is 0 Å².